The number of amides is 1. The van der Waals surface area contributed by atoms with Crippen LogP contribution in [0.2, 0.25) is 0 Å². The minimum absolute atomic E-state index is 0.0509. The largest absolute Gasteiger partial charge is 0.493 e. The highest BCUT2D eigenvalue weighted by Crippen LogP contribution is 2.27. The van der Waals surface area contributed by atoms with Crippen LogP contribution in [0.25, 0.3) is 0 Å². The molecule has 1 aromatic carbocycles. The van der Waals surface area contributed by atoms with Crippen molar-refractivity contribution in [1.29, 1.82) is 0 Å². The van der Waals surface area contributed by atoms with Crippen LogP contribution < -0.4 is 14.8 Å². The molecule has 0 aliphatic rings. The Morgan fingerprint density at radius 1 is 1.30 bits per heavy atom. The number of thioether (sulfide) groups is 1. The van der Waals surface area contributed by atoms with Gasteiger partial charge in [-0.3, -0.25) is 4.79 Å². The molecule has 124 valence electrons. The molecule has 7 nitrogen and oxygen atoms in total. The minimum atomic E-state index is -0.0509. The summed E-state index contributed by atoms with van der Waals surface area (Å²) in [7, 11) is 3.16. The lowest BCUT2D eigenvalue weighted by Gasteiger charge is -2.10. The topological polar surface area (TPSA) is 86.5 Å². The molecule has 2 aromatic rings. The van der Waals surface area contributed by atoms with Crippen molar-refractivity contribution < 1.29 is 18.8 Å². The number of rotatable bonds is 8. The molecule has 1 aromatic heterocycles. The lowest BCUT2D eigenvalue weighted by Crippen LogP contribution is -2.24. The van der Waals surface area contributed by atoms with Crippen molar-refractivity contribution in [3.8, 4) is 11.5 Å². The lowest BCUT2D eigenvalue weighted by atomic mass is 10.2. The van der Waals surface area contributed by atoms with Crippen LogP contribution in [0.4, 0.5) is 0 Å². The Morgan fingerprint density at radius 2 is 2.09 bits per heavy atom. The number of hydrogen-bond donors (Lipinski definition) is 1. The Labute approximate surface area is 138 Å². The van der Waals surface area contributed by atoms with Gasteiger partial charge in [0.05, 0.1) is 25.7 Å². The van der Waals surface area contributed by atoms with Gasteiger partial charge >= 0.3 is 0 Å². The summed E-state index contributed by atoms with van der Waals surface area (Å²) in [5, 5.41) is 6.64. The van der Waals surface area contributed by atoms with Crippen molar-refractivity contribution in [2.24, 2.45) is 0 Å². The van der Waals surface area contributed by atoms with E-state index in [1.54, 1.807) is 21.1 Å². The molecule has 8 heteroatoms. The highest BCUT2D eigenvalue weighted by molar-refractivity contribution is 7.99. The van der Waals surface area contributed by atoms with Crippen LogP contribution in [0.5, 0.6) is 11.5 Å². The van der Waals surface area contributed by atoms with E-state index < -0.39 is 0 Å². The predicted molar refractivity (Wildman–Crippen MR) is 86.6 cm³/mol. The maximum Gasteiger partial charge on any atom is 0.230 e. The van der Waals surface area contributed by atoms with Gasteiger partial charge in [0.25, 0.3) is 0 Å². The zero-order valence-electron chi connectivity index (χ0n) is 13.3. The van der Waals surface area contributed by atoms with Gasteiger partial charge in [0.1, 0.15) is 0 Å². The number of aromatic nitrogens is 2. The van der Waals surface area contributed by atoms with Crippen molar-refractivity contribution in [1.82, 2.24) is 15.5 Å². The van der Waals surface area contributed by atoms with Crippen LogP contribution in [0, 0.1) is 6.92 Å². The molecule has 0 fully saturated rings. The summed E-state index contributed by atoms with van der Waals surface area (Å²) in [6.45, 7) is 2.16. The third-order valence-corrected chi connectivity index (χ3v) is 3.90. The molecule has 1 amide bonds. The third-order valence-electron chi connectivity index (χ3n) is 2.97. The number of carbonyl (C=O) groups is 1. The van der Waals surface area contributed by atoms with Crippen LogP contribution in [0.3, 0.4) is 0 Å². The fourth-order valence-electron chi connectivity index (χ4n) is 1.88. The monoisotopic (exact) mass is 337 g/mol. The first-order valence-electron chi connectivity index (χ1n) is 6.97. The smallest absolute Gasteiger partial charge is 0.230 e. The SMILES string of the molecule is COc1ccc(CNC(=O)CSCc2noc(C)n2)cc1OC. The minimum Gasteiger partial charge on any atom is -0.493 e. The summed E-state index contributed by atoms with van der Waals surface area (Å²) in [6.07, 6.45) is 0. The standard InChI is InChI=1S/C15H19N3O4S/c1-10-17-14(18-22-10)8-23-9-15(19)16-7-11-4-5-12(20-2)13(6-11)21-3/h4-6H,7-9H2,1-3H3,(H,16,19). The van der Waals surface area contributed by atoms with Gasteiger partial charge in [-0.05, 0) is 17.7 Å². The van der Waals surface area contributed by atoms with Crippen LogP contribution in [-0.4, -0.2) is 36.0 Å². The number of benzene rings is 1. The maximum absolute atomic E-state index is 11.8. The molecular weight excluding hydrogens is 318 g/mol. The molecule has 0 bridgehead atoms. The number of carbonyl (C=O) groups excluding carboxylic acids is 1. The van der Waals surface area contributed by atoms with Gasteiger partial charge in [-0.15, -0.1) is 11.8 Å². The van der Waals surface area contributed by atoms with Crippen LogP contribution >= 0.6 is 11.8 Å². The second kappa shape index (κ2) is 8.42. The summed E-state index contributed by atoms with van der Waals surface area (Å²) >= 11 is 1.43. The van der Waals surface area contributed by atoms with Crippen LogP contribution in [-0.2, 0) is 17.1 Å². The molecule has 0 radical (unpaired) electrons. The molecule has 1 heterocycles. The molecule has 0 aliphatic carbocycles. The van der Waals surface area contributed by atoms with Gasteiger partial charge < -0.3 is 19.3 Å². The van der Waals surface area contributed by atoms with E-state index in [0.717, 1.165) is 5.56 Å². The second-order valence-electron chi connectivity index (χ2n) is 4.69. The van der Waals surface area contributed by atoms with E-state index in [2.05, 4.69) is 15.5 Å². The average Bonchev–Trinajstić information content (AvgIpc) is 2.98. The number of aryl methyl sites for hydroxylation is 1. The summed E-state index contributed by atoms with van der Waals surface area (Å²) < 4.78 is 15.3. The number of ether oxygens (including phenoxy) is 2. The molecule has 23 heavy (non-hydrogen) atoms. The third kappa shape index (κ3) is 5.17. The first-order valence-corrected chi connectivity index (χ1v) is 8.12. The summed E-state index contributed by atoms with van der Waals surface area (Å²) in [4.78, 5) is 15.9. The fraction of sp³-hybridized carbons (Fsp3) is 0.400. The molecule has 1 N–H and O–H groups in total. The first kappa shape index (κ1) is 17.1. The fourth-order valence-corrected chi connectivity index (χ4v) is 2.57. The molecule has 0 unspecified atom stereocenters. The van der Waals surface area contributed by atoms with Crippen LogP contribution in [0.1, 0.15) is 17.3 Å². The quantitative estimate of drug-likeness (QED) is 0.788. The van der Waals surface area contributed by atoms with E-state index in [1.165, 1.54) is 11.8 Å². The Kier molecular flexibility index (Phi) is 6.28. The van der Waals surface area contributed by atoms with Gasteiger partial charge in [-0.25, -0.2) is 0 Å². The average molecular weight is 337 g/mol. The molecule has 0 spiro atoms. The summed E-state index contributed by atoms with van der Waals surface area (Å²) in [5.74, 6) is 3.25. The molecular formula is C15H19N3O4S. The predicted octanol–water partition coefficient (Wildman–Crippen LogP) is 1.94. The van der Waals surface area contributed by atoms with E-state index in [4.69, 9.17) is 14.0 Å². The highest BCUT2D eigenvalue weighted by atomic mass is 32.2. The van der Waals surface area contributed by atoms with Gasteiger partial charge in [0.2, 0.25) is 11.8 Å². The van der Waals surface area contributed by atoms with Crippen LogP contribution in [0.15, 0.2) is 22.7 Å². The molecule has 0 saturated heterocycles. The second-order valence-corrected chi connectivity index (χ2v) is 5.67. The Bertz CT molecular complexity index is 660. The van der Waals surface area contributed by atoms with Crippen molar-refractivity contribution in [2.75, 3.05) is 20.0 Å². The van der Waals surface area contributed by atoms with Crippen molar-refractivity contribution in [3.63, 3.8) is 0 Å². The molecule has 0 aliphatic heterocycles. The normalized spacial score (nSPS) is 10.4. The van der Waals surface area contributed by atoms with Gasteiger partial charge in [-0.2, -0.15) is 4.98 Å². The first-order chi connectivity index (χ1) is 11.1. The van der Waals surface area contributed by atoms with Gasteiger partial charge in [-0.1, -0.05) is 11.2 Å². The number of nitrogens with one attached hydrogen (secondary N) is 1. The number of nitrogens with zero attached hydrogens (tertiary/aromatic N) is 2. The molecule has 2 rings (SSSR count). The van der Waals surface area contributed by atoms with E-state index in [9.17, 15) is 4.79 Å². The van der Waals surface area contributed by atoms with Crippen molar-refractivity contribution >= 4 is 17.7 Å². The van der Waals surface area contributed by atoms with E-state index in [-0.39, 0.29) is 5.91 Å². The molecule has 0 saturated carbocycles. The number of methoxy groups -OCH3 is 2. The summed E-state index contributed by atoms with van der Waals surface area (Å²) in [6, 6.07) is 5.54. The Balaban J connectivity index is 1.75. The highest BCUT2D eigenvalue weighted by Gasteiger charge is 2.08. The zero-order chi connectivity index (χ0) is 16.7. The Hall–Kier alpha value is -2.22. The maximum atomic E-state index is 11.8. The number of hydrogen-bond acceptors (Lipinski definition) is 7. The zero-order valence-corrected chi connectivity index (χ0v) is 14.1. The molecule has 0 atom stereocenters. The van der Waals surface area contributed by atoms with E-state index in [1.807, 2.05) is 18.2 Å². The summed E-state index contributed by atoms with van der Waals surface area (Å²) in [5.41, 5.74) is 0.940. The Morgan fingerprint density at radius 3 is 2.74 bits per heavy atom. The van der Waals surface area contributed by atoms with Crippen molar-refractivity contribution in [2.45, 2.75) is 19.2 Å². The van der Waals surface area contributed by atoms with Crippen molar-refractivity contribution in [3.05, 3.63) is 35.5 Å². The van der Waals surface area contributed by atoms with Gasteiger partial charge in [0.15, 0.2) is 17.3 Å². The van der Waals surface area contributed by atoms with E-state index >= 15 is 0 Å². The lowest BCUT2D eigenvalue weighted by molar-refractivity contribution is -0.118. The van der Waals surface area contributed by atoms with E-state index in [0.29, 0.717) is 41.3 Å². The van der Waals surface area contributed by atoms with Gasteiger partial charge in [0, 0.05) is 13.5 Å².